The maximum atomic E-state index is 14.4. The predicted octanol–water partition coefficient (Wildman–Crippen LogP) is 4.79. The van der Waals surface area contributed by atoms with E-state index >= 15 is 0 Å². The highest BCUT2D eigenvalue weighted by Crippen LogP contribution is 2.32. The zero-order valence-electron chi connectivity index (χ0n) is 21.7. The molecule has 2 aromatic heterocycles. The number of anilines is 2. The normalized spacial score (nSPS) is 13.5. The minimum Gasteiger partial charge on any atom is -0.496 e. The van der Waals surface area contributed by atoms with Crippen molar-refractivity contribution in [1.82, 2.24) is 15.0 Å². The number of hydrogen-bond acceptors (Lipinski definition) is 7. The molecular weight excluding hydrogens is 485 g/mol. The van der Waals surface area contributed by atoms with Gasteiger partial charge in [0, 0.05) is 44.9 Å². The Hall–Kier alpha value is -4.40. The molecule has 0 spiro atoms. The SMILES string of the molecule is COc1ccccc1-c1ccc(C(=O)N(C)Cc2cc(C)no2)c(N2CCN(c3ccccc3F)CC2)n1. The lowest BCUT2D eigenvalue weighted by atomic mass is 10.1. The number of rotatable bonds is 7. The van der Waals surface area contributed by atoms with E-state index in [0.717, 1.165) is 11.3 Å². The van der Waals surface area contributed by atoms with Crippen LogP contribution in [0.25, 0.3) is 11.3 Å². The number of piperazine rings is 1. The molecule has 0 atom stereocenters. The molecule has 0 unspecified atom stereocenters. The van der Waals surface area contributed by atoms with Crippen molar-refractivity contribution >= 4 is 17.4 Å². The second-order valence-corrected chi connectivity index (χ2v) is 9.29. The minimum absolute atomic E-state index is 0.176. The van der Waals surface area contributed by atoms with Crippen molar-refractivity contribution in [2.45, 2.75) is 13.5 Å². The molecule has 5 rings (SSSR count). The van der Waals surface area contributed by atoms with Crippen LogP contribution < -0.4 is 14.5 Å². The van der Waals surface area contributed by atoms with Gasteiger partial charge in [0.2, 0.25) is 0 Å². The number of nitrogens with zero attached hydrogens (tertiary/aromatic N) is 5. The molecule has 3 heterocycles. The van der Waals surface area contributed by atoms with Crippen LogP contribution in [0.3, 0.4) is 0 Å². The monoisotopic (exact) mass is 515 g/mol. The third-order valence-corrected chi connectivity index (χ3v) is 6.68. The Morgan fingerprint density at radius 2 is 1.74 bits per heavy atom. The van der Waals surface area contributed by atoms with Gasteiger partial charge in [-0.2, -0.15) is 0 Å². The summed E-state index contributed by atoms with van der Waals surface area (Å²) in [4.78, 5) is 24.3. The van der Waals surface area contributed by atoms with Crippen LogP contribution in [0.5, 0.6) is 5.75 Å². The van der Waals surface area contributed by atoms with E-state index in [2.05, 4.69) is 10.1 Å². The summed E-state index contributed by atoms with van der Waals surface area (Å²) < 4.78 is 25.3. The van der Waals surface area contributed by atoms with Crippen molar-refractivity contribution in [1.29, 1.82) is 0 Å². The van der Waals surface area contributed by atoms with E-state index in [9.17, 15) is 9.18 Å². The molecule has 38 heavy (non-hydrogen) atoms. The van der Waals surface area contributed by atoms with Gasteiger partial charge < -0.3 is 24.0 Å². The summed E-state index contributed by atoms with van der Waals surface area (Å²) in [6.45, 7) is 4.50. The predicted molar refractivity (Wildman–Crippen MR) is 144 cm³/mol. The molecule has 0 N–H and O–H groups in total. The summed E-state index contributed by atoms with van der Waals surface area (Å²) in [7, 11) is 3.36. The first-order valence-electron chi connectivity index (χ1n) is 12.5. The summed E-state index contributed by atoms with van der Waals surface area (Å²) in [5, 5.41) is 3.92. The fourth-order valence-corrected chi connectivity index (χ4v) is 4.73. The van der Waals surface area contributed by atoms with E-state index in [-0.39, 0.29) is 18.3 Å². The van der Waals surface area contributed by atoms with E-state index in [1.165, 1.54) is 6.07 Å². The third kappa shape index (κ3) is 5.18. The van der Waals surface area contributed by atoms with Gasteiger partial charge in [0.05, 0.1) is 36.3 Å². The highest BCUT2D eigenvalue weighted by molar-refractivity contribution is 5.99. The largest absolute Gasteiger partial charge is 0.496 e. The summed E-state index contributed by atoms with van der Waals surface area (Å²) in [6.07, 6.45) is 0. The zero-order chi connectivity index (χ0) is 26.6. The molecule has 2 aromatic carbocycles. The van der Waals surface area contributed by atoms with E-state index in [1.54, 1.807) is 31.2 Å². The quantitative estimate of drug-likeness (QED) is 0.350. The van der Waals surface area contributed by atoms with E-state index < -0.39 is 0 Å². The van der Waals surface area contributed by atoms with Crippen LogP contribution in [-0.2, 0) is 6.54 Å². The molecule has 0 radical (unpaired) electrons. The van der Waals surface area contributed by atoms with Crippen LogP contribution in [0, 0.1) is 12.7 Å². The van der Waals surface area contributed by atoms with Crippen LogP contribution in [0.2, 0.25) is 0 Å². The van der Waals surface area contributed by atoms with Crippen LogP contribution in [0.4, 0.5) is 15.9 Å². The zero-order valence-corrected chi connectivity index (χ0v) is 21.7. The van der Waals surface area contributed by atoms with Gasteiger partial charge in [-0.25, -0.2) is 9.37 Å². The average Bonchev–Trinajstić information content (AvgIpc) is 3.36. The lowest BCUT2D eigenvalue weighted by molar-refractivity contribution is 0.0772. The Labute approximate surface area is 221 Å². The highest BCUT2D eigenvalue weighted by atomic mass is 19.1. The number of benzene rings is 2. The van der Waals surface area contributed by atoms with E-state index in [1.807, 2.05) is 60.4 Å². The molecule has 1 aliphatic heterocycles. The van der Waals surface area contributed by atoms with E-state index in [4.69, 9.17) is 14.2 Å². The Bertz CT molecular complexity index is 1430. The van der Waals surface area contributed by atoms with Crippen molar-refractivity contribution < 1.29 is 18.4 Å². The molecule has 0 bridgehead atoms. The van der Waals surface area contributed by atoms with Gasteiger partial charge in [-0.3, -0.25) is 4.79 Å². The highest BCUT2D eigenvalue weighted by Gasteiger charge is 2.27. The lowest BCUT2D eigenvalue weighted by Gasteiger charge is -2.37. The van der Waals surface area contributed by atoms with Gasteiger partial charge in [0.1, 0.15) is 17.4 Å². The summed E-state index contributed by atoms with van der Waals surface area (Å²) >= 11 is 0. The maximum Gasteiger partial charge on any atom is 0.257 e. The van der Waals surface area contributed by atoms with Crippen molar-refractivity contribution in [3.63, 3.8) is 0 Å². The summed E-state index contributed by atoms with van der Waals surface area (Å²) in [6, 6.07) is 19.9. The van der Waals surface area contributed by atoms with Gasteiger partial charge in [-0.15, -0.1) is 0 Å². The standard InChI is InChI=1S/C29H30FN5O3/c1-20-18-21(38-32-20)19-33(2)29(36)23-12-13-25(22-8-4-7-11-27(22)37-3)31-28(23)35-16-14-34(15-17-35)26-10-6-5-9-24(26)30/h4-13,18H,14-17,19H2,1-3H3. The van der Waals surface area contributed by atoms with Crippen molar-refractivity contribution in [2.24, 2.45) is 0 Å². The minimum atomic E-state index is -0.239. The number of aryl methyl sites for hydroxylation is 1. The molecule has 8 nitrogen and oxygen atoms in total. The number of pyridine rings is 1. The van der Waals surface area contributed by atoms with Gasteiger partial charge in [-0.1, -0.05) is 29.4 Å². The van der Waals surface area contributed by atoms with Crippen LogP contribution in [-0.4, -0.2) is 61.3 Å². The molecule has 1 fully saturated rings. The number of para-hydroxylation sites is 2. The Kier molecular flexibility index (Phi) is 7.26. The molecule has 1 amide bonds. The van der Waals surface area contributed by atoms with Crippen LogP contribution in [0.1, 0.15) is 21.8 Å². The van der Waals surface area contributed by atoms with Crippen molar-refractivity contribution in [2.75, 3.05) is 50.1 Å². The van der Waals surface area contributed by atoms with Crippen molar-refractivity contribution in [3.05, 3.63) is 89.6 Å². The first-order valence-corrected chi connectivity index (χ1v) is 12.5. The van der Waals surface area contributed by atoms with Gasteiger partial charge in [0.15, 0.2) is 5.76 Å². The number of methoxy groups -OCH3 is 1. The lowest BCUT2D eigenvalue weighted by Crippen LogP contribution is -2.47. The van der Waals surface area contributed by atoms with Crippen LogP contribution in [0.15, 0.2) is 71.3 Å². The average molecular weight is 516 g/mol. The number of halogens is 1. The number of carbonyl (C=O) groups is 1. The van der Waals surface area contributed by atoms with Gasteiger partial charge in [-0.05, 0) is 43.3 Å². The first-order chi connectivity index (χ1) is 18.4. The molecule has 9 heteroatoms. The number of aromatic nitrogens is 2. The second kappa shape index (κ2) is 10.9. The number of carbonyl (C=O) groups excluding carboxylic acids is 1. The fourth-order valence-electron chi connectivity index (χ4n) is 4.73. The second-order valence-electron chi connectivity index (χ2n) is 9.29. The smallest absolute Gasteiger partial charge is 0.257 e. The number of hydrogen-bond donors (Lipinski definition) is 0. The molecule has 196 valence electrons. The Balaban J connectivity index is 1.46. The van der Waals surface area contributed by atoms with Crippen molar-refractivity contribution in [3.8, 4) is 17.0 Å². The first kappa shape index (κ1) is 25.3. The van der Waals surface area contributed by atoms with Crippen LogP contribution >= 0.6 is 0 Å². The maximum absolute atomic E-state index is 14.4. The van der Waals surface area contributed by atoms with Gasteiger partial charge >= 0.3 is 0 Å². The summed E-state index contributed by atoms with van der Waals surface area (Å²) in [5.74, 6) is 1.48. The molecule has 1 saturated heterocycles. The van der Waals surface area contributed by atoms with Gasteiger partial charge in [0.25, 0.3) is 5.91 Å². The Morgan fingerprint density at radius 1 is 1.03 bits per heavy atom. The van der Waals surface area contributed by atoms with E-state index in [0.29, 0.717) is 60.5 Å². The Morgan fingerprint density at radius 3 is 2.45 bits per heavy atom. The molecule has 1 aliphatic rings. The molecule has 0 aliphatic carbocycles. The topological polar surface area (TPSA) is 74.9 Å². The third-order valence-electron chi connectivity index (χ3n) is 6.68. The summed E-state index contributed by atoms with van der Waals surface area (Å²) in [5.41, 5.74) is 3.38. The molecule has 4 aromatic rings. The number of amides is 1. The fraction of sp³-hybridized carbons (Fsp3) is 0.276. The molecular formula is C29H30FN5O3. The number of ether oxygens (including phenoxy) is 1. The molecule has 0 saturated carbocycles.